The number of hydrogen-bond donors (Lipinski definition) is 0. The summed E-state index contributed by atoms with van der Waals surface area (Å²) < 4.78 is 20.7. The van der Waals surface area contributed by atoms with E-state index in [0.29, 0.717) is 21.7 Å². The van der Waals surface area contributed by atoms with Crippen molar-refractivity contribution in [3.05, 3.63) is 40.9 Å². The standard InChI is InChI=1S/C10H5BrFN5O/c11-7-2-1-6(12)3-8(7)18-10-5-13-4-9-14-15-16-17(9)10/h1-5H. The largest absolute Gasteiger partial charge is 0.436 e. The van der Waals surface area contributed by atoms with Crippen LogP contribution in [0.5, 0.6) is 11.6 Å². The normalized spacial score (nSPS) is 10.8. The molecule has 90 valence electrons. The lowest BCUT2D eigenvalue weighted by atomic mass is 10.3. The molecule has 0 saturated carbocycles. The lowest BCUT2D eigenvalue weighted by Crippen LogP contribution is -1.97. The molecule has 0 aliphatic carbocycles. The molecule has 8 heteroatoms. The third-order valence-electron chi connectivity index (χ3n) is 2.19. The number of ether oxygens (including phenoxy) is 1. The average Bonchev–Trinajstić information content (AvgIpc) is 2.83. The highest BCUT2D eigenvalue weighted by Crippen LogP contribution is 2.29. The van der Waals surface area contributed by atoms with Crippen LogP contribution in [0.4, 0.5) is 4.39 Å². The van der Waals surface area contributed by atoms with Crippen LogP contribution in [0.2, 0.25) is 0 Å². The third-order valence-corrected chi connectivity index (χ3v) is 2.84. The number of nitrogens with zero attached hydrogens (tertiary/aromatic N) is 5. The van der Waals surface area contributed by atoms with Crippen LogP contribution < -0.4 is 4.74 Å². The summed E-state index contributed by atoms with van der Waals surface area (Å²) in [5.41, 5.74) is 0.444. The molecule has 0 atom stereocenters. The summed E-state index contributed by atoms with van der Waals surface area (Å²) in [5, 5.41) is 11.0. The van der Waals surface area contributed by atoms with Crippen LogP contribution in [0.3, 0.4) is 0 Å². The highest BCUT2D eigenvalue weighted by molar-refractivity contribution is 9.10. The molecule has 1 aromatic carbocycles. The maximum Gasteiger partial charge on any atom is 0.242 e. The van der Waals surface area contributed by atoms with Gasteiger partial charge in [0.05, 0.1) is 16.9 Å². The minimum atomic E-state index is -0.398. The molecular weight excluding hydrogens is 305 g/mol. The van der Waals surface area contributed by atoms with E-state index in [4.69, 9.17) is 4.74 Å². The van der Waals surface area contributed by atoms with Crippen molar-refractivity contribution in [3.63, 3.8) is 0 Å². The minimum Gasteiger partial charge on any atom is -0.436 e. The van der Waals surface area contributed by atoms with Gasteiger partial charge in [-0.05, 0) is 38.5 Å². The molecule has 0 aliphatic rings. The fourth-order valence-corrected chi connectivity index (χ4v) is 1.72. The fourth-order valence-electron chi connectivity index (χ4n) is 1.39. The van der Waals surface area contributed by atoms with Gasteiger partial charge in [-0.25, -0.2) is 4.39 Å². The third kappa shape index (κ3) is 1.90. The Kier molecular flexibility index (Phi) is 2.63. The molecular formula is C10H5BrFN5O. The first-order valence-electron chi connectivity index (χ1n) is 4.89. The van der Waals surface area contributed by atoms with Crippen LogP contribution >= 0.6 is 15.9 Å². The molecule has 3 rings (SSSR count). The van der Waals surface area contributed by atoms with Crippen LogP contribution in [0.25, 0.3) is 5.65 Å². The molecule has 6 nitrogen and oxygen atoms in total. The Morgan fingerprint density at radius 2 is 2.17 bits per heavy atom. The first-order chi connectivity index (χ1) is 8.74. The predicted octanol–water partition coefficient (Wildman–Crippen LogP) is 2.21. The fraction of sp³-hybridized carbons (Fsp3) is 0. The van der Waals surface area contributed by atoms with Crippen LogP contribution in [0.15, 0.2) is 35.1 Å². The Morgan fingerprint density at radius 3 is 3.06 bits per heavy atom. The lowest BCUT2D eigenvalue weighted by Gasteiger charge is -2.07. The van der Waals surface area contributed by atoms with Gasteiger partial charge in [0, 0.05) is 6.07 Å². The number of halogens is 2. The molecule has 2 heterocycles. The maximum atomic E-state index is 13.1. The van der Waals surface area contributed by atoms with Crippen molar-refractivity contribution in [2.24, 2.45) is 0 Å². The molecule has 0 bridgehead atoms. The highest BCUT2D eigenvalue weighted by atomic mass is 79.9. The Hall–Kier alpha value is -2.09. The van der Waals surface area contributed by atoms with Gasteiger partial charge in [-0.15, -0.1) is 5.10 Å². The van der Waals surface area contributed by atoms with E-state index in [9.17, 15) is 4.39 Å². The number of tetrazole rings is 1. The van der Waals surface area contributed by atoms with E-state index in [1.807, 2.05) is 0 Å². The molecule has 0 N–H and O–H groups in total. The number of aromatic nitrogens is 5. The van der Waals surface area contributed by atoms with Crippen molar-refractivity contribution in [2.45, 2.75) is 0 Å². The highest BCUT2D eigenvalue weighted by Gasteiger charge is 2.09. The van der Waals surface area contributed by atoms with Gasteiger partial charge in [-0.3, -0.25) is 4.98 Å². The topological polar surface area (TPSA) is 65.2 Å². The zero-order chi connectivity index (χ0) is 12.5. The molecule has 0 saturated heterocycles. The van der Waals surface area contributed by atoms with Crippen molar-refractivity contribution >= 4 is 21.6 Å². The van der Waals surface area contributed by atoms with Gasteiger partial charge in [0.1, 0.15) is 11.6 Å². The van der Waals surface area contributed by atoms with Crippen LogP contribution in [-0.4, -0.2) is 25.0 Å². The molecule has 0 amide bonds. The van der Waals surface area contributed by atoms with E-state index in [2.05, 4.69) is 36.4 Å². The van der Waals surface area contributed by atoms with E-state index in [0.717, 1.165) is 0 Å². The molecule has 18 heavy (non-hydrogen) atoms. The van der Waals surface area contributed by atoms with Crippen LogP contribution in [0, 0.1) is 5.82 Å². The summed E-state index contributed by atoms with van der Waals surface area (Å²) in [6, 6.07) is 4.14. The molecule has 0 fully saturated rings. The summed E-state index contributed by atoms with van der Waals surface area (Å²) in [4.78, 5) is 3.94. The predicted molar refractivity (Wildman–Crippen MR) is 62.8 cm³/mol. The Morgan fingerprint density at radius 1 is 1.28 bits per heavy atom. The van der Waals surface area contributed by atoms with Gasteiger partial charge in [0.2, 0.25) is 11.5 Å². The van der Waals surface area contributed by atoms with Crippen molar-refractivity contribution < 1.29 is 9.13 Å². The van der Waals surface area contributed by atoms with Crippen molar-refractivity contribution in [1.82, 2.24) is 25.0 Å². The first kappa shape index (κ1) is 11.0. The summed E-state index contributed by atoms with van der Waals surface area (Å²) in [6.45, 7) is 0. The number of benzene rings is 1. The maximum absolute atomic E-state index is 13.1. The quantitative estimate of drug-likeness (QED) is 0.726. The van der Waals surface area contributed by atoms with Crippen LogP contribution in [-0.2, 0) is 0 Å². The number of fused-ring (bicyclic) bond motifs is 1. The Bertz CT molecular complexity index is 716. The van der Waals surface area contributed by atoms with Crippen molar-refractivity contribution in [3.8, 4) is 11.6 Å². The Balaban J connectivity index is 2.06. The van der Waals surface area contributed by atoms with Gasteiger partial charge in [-0.2, -0.15) is 4.52 Å². The summed E-state index contributed by atoms with van der Waals surface area (Å²) in [5.74, 6) is 0.216. The second kappa shape index (κ2) is 4.30. The van der Waals surface area contributed by atoms with Crippen molar-refractivity contribution in [1.29, 1.82) is 0 Å². The number of rotatable bonds is 2. The first-order valence-corrected chi connectivity index (χ1v) is 5.68. The van der Waals surface area contributed by atoms with Crippen molar-refractivity contribution in [2.75, 3.05) is 0 Å². The van der Waals surface area contributed by atoms with Gasteiger partial charge in [0.15, 0.2) is 0 Å². The van der Waals surface area contributed by atoms with Gasteiger partial charge in [-0.1, -0.05) is 0 Å². The lowest BCUT2D eigenvalue weighted by molar-refractivity contribution is 0.435. The summed E-state index contributed by atoms with van der Waals surface area (Å²) >= 11 is 3.27. The average molecular weight is 310 g/mol. The Labute approximate surface area is 109 Å². The van der Waals surface area contributed by atoms with Gasteiger partial charge < -0.3 is 4.74 Å². The van der Waals surface area contributed by atoms with E-state index in [-0.39, 0.29) is 0 Å². The van der Waals surface area contributed by atoms with Crippen LogP contribution in [0.1, 0.15) is 0 Å². The van der Waals surface area contributed by atoms with Gasteiger partial charge >= 0.3 is 0 Å². The number of hydrogen-bond acceptors (Lipinski definition) is 5. The monoisotopic (exact) mass is 309 g/mol. The molecule has 0 radical (unpaired) electrons. The zero-order valence-electron chi connectivity index (χ0n) is 8.79. The minimum absolute atomic E-state index is 0.295. The van der Waals surface area contributed by atoms with E-state index < -0.39 is 5.82 Å². The van der Waals surface area contributed by atoms with Gasteiger partial charge in [0.25, 0.3) is 0 Å². The van der Waals surface area contributed by atoms with E-state index in [1.165, 1.54) is 29.0 Å². The van der Waals surface area contributed by atoms with E-state index in [1.54, 1.807) is 6.07 Å². The zero-order valence-corrected chi connectivity index (χ0v) is 10.4. The SMILES string of the molecule is Fc1ccc(Br)c(Oc2cncc3nnnn23)c1. The summed E-state index contributed by atoms with van der Waals surface area (Å²) in [7, 11) is 0. The molecule has 0 spiro atoms. The molecule has 2 aromatic heterocycles. The second-order valence-electron chi connectivity index (χ2n) is 3.37. The summed E-state index contributed by atoms with van der Waals surface area (Å²) in [6.07, 6.45) is 2.94. The molecule has 3 aromatic rings. The molecule has 0 aliphatic heterocycles. The second-order valence-corrected chi connectivity index (χ2v) is 4.23. The smallest absolute Gasteiger partial charge is 0.242 e. The van der Waals surface area contributed by atoms with E-state index >= 15 is 0 Å². The molecule has 0 unspecified atom stereocenters.